The largest absolute Gasteiger partial charge is 0.198 e. The normalized spacial score (nSPS) is 37.6. The van der Waals surface area contributed by atoms with Gasteiger partial charge in [0.05, 0.1) is 11.5 Å². The summed E-state index contributed by atoms with van der Waals surface area (Å²) in [5, 5.41) is 9.38. The summed E-state index contributed by atoms with van der Waals surface area (Å²) in [4.78, 5) is 0. The molecule has 0 amide bonds. The number of allylic oxidation sites excluding steroid dienone is 2. The van der Waals surface area contributed by atoms with Crippen molar-refractivity contribution in [3.05, 3.63) is 12.2 Å². The van der Waals surface area contributed by atoms with Crippen LogP contribution in [-0.2, 0) is 0 Å². The molecule has 2 rings (SSSR count). The van der Waals surface area contributed by atoms with E-state index in [0.717, 1.165) is 18.8 Å². The topological polar surface area (TPSA) is 23.8 Å². The Morgan fingerprint density at radius 1 is 1.43 bits per heavy atom. The van der Waals surface area contributed by atoms with Crippen LogP contribution in [0.4, 0.5) is 0 Å². The van der Waals surface area contributed by atoms with E-state index in [0.29, 0.717) is 5.92 Å². The lowest BCUT2D eigenvalue weighted by Crippen LogP contribution is -2.24. The molecule has 2 unspecified atom stereocenters. The van der Waals surface area contributed by atoms with E-state index in [1.807, 2.05) is 0 Å². The monoisotopic (exact) mass is 189 g/mol. The first-order valence-electron chi connectivity index (χ1n) is 5.83. The number of hydrogen-bond acceptors (Lipinski definition) is 1. The van der Waals surface area contributed by atoms with E-state index in [1.54, 1.807) is 0 Å². The smallest absolute Gasteiger partial charge is 0.0692 e. The molecule has 0 aromatic rings. The fraction of sp³-hybridized carbons (Fsp3) is 0.769. The van der Waals surface area contributed by atoms with Crippen LogP contribution in [0.25, 0.3) is 0 Å². The van der Waals surface area contributed by atoms with Crippen molar-refractivity contribution >= 4 is 0 Å². The summed E-state index contributed by atoms with van der Waals surface area (Å²) in [6, 6.07) is 2.63. The van der Waals surface area contributed by atoms with Crippen molar-refractivity contribution in [1.29, 1.82) is 5.26 Å². The second kappa shape index (κ2) is 3.77. The average Bonchev–Trinajstić information content (AvgIpc) is 2.79. The molecule has 76 valence electrons. The van der Waals surface area contributed by atoms with Crippen LogP contribution in [0.5, 0.6) is 0 Å². The van der Waals surface area contributed by atoms with Gasteiger partial charge in [0.1, 0.15) is 0 Å². The first-order chi connectivity index (χ1) is 6.77. The molecule has 1 heteroatoms. The molecule has 0 aliphatic heterocycles. The summed E-state index contributed by atoms with van der Waals surface area (Å²) in [6.45, 7) is 2.26. The Labute approximate surface area is 86.8 Å². The maximum absolute atomic E-state index is 9.38. The molecule has 1 saturated carbocycles. The minimum absolute atomic E-state index is 0.0245. The van der Waals surface area contributed by atoms with Gasteiger partial charge in [-0.05, 0) is 43.9 Å². The summed E-state index contributed by atoms with van der Waals surface area (Å²) < 4.78 is 0. The Balaban J connectivity index is 2.02. The molecule has 0 aromatic heterocycles. The van der Waals surface area contributed by atoms with Gasteiger partial charge in [-0.1, -0.05) is 25.5 Å². The van der Waals surface area contributed by atoms with E-state index >= 15 is 0 Å². The molecular weight excluding hydrogens is 170 g/mol. The lowest BCUT2D eigenvalue weighted by atomic mass is 9.73. The first-order valence-corrected chi connectivity index (χ1v) is 5.83. The Morgan fingerprint density at radius 3 is 2.64 bits per heavy atom. The number of rotatable bonds is 2. The molecule has 0 aromatic carbocycles. The SMILES string of the molecule is CC1CCCC1(C#N)CC1CC=CC1. The quantitative estimate of drug-likeness (QED) is 0.608. The van der Waals surface area contributed by atoms with Crippen LogP contribution in [0.3, 0.4) is 0 Å². The zero-order valence-corrected chi connectivity index (χ0v) is 9.00. The molecule has 1 nitrogen and oxygen atoms in total. The Bertz CT molecular complexity index is 265. The lowest BCUT2D eigenvalue weighted by molar-refractivity contribution is 0.237. The van der Waals surface area contributed by atoms with Crippen LogP contribution < -0.4 is 0 Å². The van der Waals surface area contributed by atoms with Crippen molar-refractivity contribution in [2.75, 3.05) is 0 Å². The summed E-state index contributed by atoms with van der Waals surface area (Å²) >= 11 is 0. The summed E-state index contributed by atoms with van der Waals surface area (Å²) in [6.07, 6.45) is 11.7. The second-order valence-corrected chi connectivity index (χ2v) is 5.07. The Morgan fingerprint density at radius 2 is 2.14 bits per heavy atom. The zero-order valence-electron chi connectivity index (χ0n) is 9.00. The van der Waals surface area contributed by atoms with Gasteiger partial charge in [-0.2, -0.15) is 5.26 Å². The van der Waals surface area contributed by atoms with Crippen molar-refractivity contribution < 1.29 is 0 Å². The van der Waals surface area contributed by atoms with Gasteiger partial charge in [-0.3, -0.25) is 0 Å². The highest BCUT2D eigenvalue weighted by atomic mass is 14.5. The van der Waals surface area contributed by atoms with Gasteiger partial charge in [0, 0.05) is 0 Å². The van der Waals surface area contributed by atoms with E-state index < -0.39 is 0 Å². The molecule has 0 N–H and O–H groups in total. The third-order valence-corrected chi connectivity index (χ3v) is 4.18. The van der Waals surface area contributed by atoms with Crippen LogP contribution in [0, 0.1) is 28.6 Å². The molecular formula is C13H19N. The number of nitriles is 1. The summed E-state index contributed by atoms with van der Waals surface area (Å²) in [7, 11) is 0. The summed E-state index contributed by atoms with van der Waals surface area (Å²) in [5.41, 5.74) is 0.0245. The third kappa shape index (κ3) is 1.59. The van der Waals surface area contributed by atoms with Crippen LogP contribution >= 0.6 is 0 Å². The van der Waals surface area contributed by atoms with E-state index in [2.05, 4.69) is 25.1 Å². The molecule has 0 radical (unpaired) electrons. The van der Waals surface area contributed by atoms with Gasteiger partial charge in [-0.15, -0.1) is 0 Å². The molecule has 0 bridgehead atoms. The van der Waals surface area contributed by atoms with Crippen molar-refractivity contribution in [2.24, 2.45) is 17.3 Å². The molecule has 14 heavy (non-hydrogen) atoms. The highest BCUT2D eigenvalue weighted by molar-refractivity contribution is 5.08. The molecule has 0 heterocycles. The standard InChI is InChI=1S/C13H19N/c1-11-5-4-8-13(11,10-14)9-12-6-2-3-7-12/h2-3,11-12H,4-9H2,1H3. The van der Waals surface area contributed by atoms with E-state index in [9.17, 15) is 5.26 Å². The second-order valence-electron chi connectivity index (χ2n) is 5.07. The van der Waals surface area contributed by atoms with Crippen molar-refractivity contribution in [3.8, 4) is 6.07 Å². The maximum Gasteiger partial charge on any atom is 0.0692 e. The predicted molar refractivity (Wildman–Crippen MR) is 57.5 cm³/mol. The fourth-order valence-electron chi connectivity index (χ4n) is 3.12. The van der Waals surface area contributed by atoms with Crippen molar-refractivity contribution in [1.82, 2.24) is 0 Å². The fourth-order valence-corrected chi connectivity index (χ4v) is 3.12. The molecule has 2 aliphatic rings. The first kappa shape index (κ1) is 9.77. The number of nitrogens with zero attached hydrogens (tertiary/aromatic N) is 1. The van der Waals surface area contributed by atoms with Gasteiger partial charge in [0.15, 0.2) is 0 Å². The van der Waals surface area contributed by atoms with E-state index in [1.165, 1.54) is 25.7 Å². The van der Waals surface area contributed by atoms with E-state index in [4.69, 9.17) is 0 Å². The Hall–Kier alpha value is -0.770. The predicted octanol–water partition coefficient (Wildman–Crippen LogP) is 3.67. The maximum atomic E-state index is 9.38. The van der Waals surface area contributed by atoms with Crippen molar-refractivity contribution in [3.63, 3.8) is 0 Å². The number of hydrogen-bond donors (Lipinski definition) is 0. The van der Waals surface area contributed by atoms with Crippen LogP contribution in [0.15, 0.2) is 12.2 Å². The van der Waals surface area contributed by atoms with E-state index in [-0.39, 0.29) is 5.41 Å². The van der Waals surface area contributed by atoms with Gasteiger partial charge in [0.25, 0.3) is 0 Å². The highest BCUT2D eigenvalue weighted by Gasteiger charge is 2.41. The van der Waals surface area contributed by atoms with Gasteiger partial charge in [-0.25, -0.2) is 0 Å². The minimum Gasteiger partial charge on any atom is -0.198 e. The third-order valence-electron chi connectivity index (χ3n) is 4.18. The van der Waals surface area contributed by atoms with Gasteiger partial charge < -0.3 is 0 Å². The van der Waals surface area contributed by atoms with Crippen LogP contribution in [0.1, 0.15) is 45.4 Å². The van der Waals surface area contributed by atoms with Gasteiger partial charge in [0.2, 0.25) is 0 Å². The Kier molecular flexibility index (Phi) is 2.63. The highest BCUT2D eigenvalue weighted by Crippen LogP contribution is 2.48. The zero-order chi connectivity index (χ0) is 10.0. The lowest BCUT2D eigenvalue weighted by Gasteiger charge is -2.28. The summed E-state index contributed by atoms with van der Waals surface area (Å²) in [5.74, 6) is 1.38. The molecule has 2 atom stereocenters. The minimum atomic E-state index is 0.0245. The van der Waals surface area contributed by atoms with Gasteiger partial charge >= 0.3 is 0 Å². The molecule has 0 spiro atoms. The molecule has 0 saturated heterocycles. The van der Waals surface area contributed by atoms with Crippen LogP contribution in [-0.4, -0.2) is 0 Å². The average molecular weight is 189 g/mol. The molecule has 2 aliphatic carbocycles. The van der Waals surface area contributed by atoms with Crippen molar-refractivity contribution in [2.45, 2.75) is 45.4 Å². The van der Waals surface area contributed by atoms with Crippen LogP contribution in [0.2, 0.25) is 0 Å². The molecule has 1 fully saturated rings.